The van der Waals surface area contributed by atoms with E-state index in [1.165, 1.54) is 17.3 Å². The van der Waals surface area contributed by atoms with Gasteiger partial charge < -0.3 is 0 Å². The molecule has 0 heterocycles. The predicted molar refractivity (Wildman–Crippen MR) is 60.6 cm³/mol. The number of rotatable bonds is 3. The molecule has 1 rings (SSSR count). The fourth-order valence-corrected chi connectivity index (χ4v) is 2.23. The molecule has 0 nitrogen and oxygen atoms in total. The van der Waals surface area contributed by atoms with E-state index in [-0.39, 0.29) is 5.75 Å². The maximum atomic E-state index is 11.9. The third-order valence-corrected chi connectivity index (χ3v) is 3.69. The van der Waals surface area contributed by atoms with Gasteiger partial charge in [0.1, 0.15) is 0 Å². The average Bonchev–Trinajstić information content (AvgIpc) is 2.07. The van der Waals surface area contributed by atoms with E-state index in [1.807, 2.05) is 25.1 Å². The summed E-state index contributed by atoms with van der Waals surface area (Å²) in [5.41, 5.74) is 1.18. The van der Waals surface area contributed by atoms with Crippen molar-refractivity contribution in [1.29, 1.82) is 0 Å². The van der Waals surface area contributed by atoms with Gasteiger partial charge in [-0.3, -0.25) is 0 Å². The van der Waals surface area contributed by atoms with Crippen molar-refractivity contribution in [2.45, 2.75) is 18.2 Å². The topological polar surface area (TPSA) is 0 Å². The van der Waals surface area contributed by atoms with E-state index in [4.69, 9.17) is 0 Å². The normalized spacial score (nSPS) is 10.8. The summed E-state index contributed by atoms with van der Waals surface area (Å²) >= 11 is 3.40. The highest BCUT2D eigenvalue weighted by Crippen LogP contribution is 2.23. The van der Waals surface area contributed by atoms with Gasteiger partial charge in [-0.25, -0.2) is 8.78 Å². The lowest BCUT2D eigenvalue weighted by molar-refractivity contribution is 0.177. The first-order chi connectivity index (χ1) is 6.09. The third-order valence-electron chi connectivity index (χ3n) is 1.52. The minimum Gasteiger partial charge on any atom is -0.210 e. The molecule has 0 amide bonds. The van der Waals surface area contributed by atoms with Crippen molar-refractivity contribution in [3.8, 4) is 0 Å². The van der Waals surface area contributed by atoms with Gasteiger partial charge in [-0.05, 0) is 47.2 Å². The number of thioether (sulfide) groups is 1. The minimum absolute atomic E-state index is 0.126. The fraction of sp³-hybridized carbons (Fsp3) is 0.333. The van der Waals surface area contributed by atoms with Gasteiger partial charge in [0.15, 0.2) is 0 Å². The summed E-state index contributed by atoms with van der Waals surface area (Å²) in [5, 5.41) is 0. The van der Waals surface area contributed by atoms with Crippen molar-refractivity contribution >= 4 is 34.4 Å². The van der Waals surface area contributed by atoms with Crippen molar-refractivity contribution in [3.63, 3.8) is 0 Å². The first-order valence-electron chi connectivity index (χ1n) is 3.76. The van der Waals surface area contributed by atoms with Crippen molar-refractivity contribution in [3.05, 3.63) is 27.3 Å². The Balaban J connectivity index is 2.63. The highest BCUT2D eigenvalue weighted by Gasteiger charge is 2.04. The third kappa shape index (κ3) is 3.81. The Hall–Kier alpha value is 0.160. The Kier molecular flexibility index (Phi) is 4.45. The monoisotopic (exact) mass is 314 g/mol. The molecule has 0 atom stereocenters. The van der Waals surface area contributed by atoms with Crippen LogP contribution in [0, 0.1) is 10.5 Å². The molecular formula is C9H9F2IS. The van der Waals surface area contributed by atoms with Gasteiger partial charge in [0.2, 0.25) is 6.43 Å². The Morgan fingerprint density at radius 3 is 2.69 bits per heavy atom. The molecule has 72 valence electrons. The van der Waals surface area contributed by atoms with Gasteiger partial charge >= 0.3 is 0 Å². The Morgan fingerprint density at radius 1 is 1.46 bits per heavy atom. The molecule has 0 aromatic heterocycles. The summed E-state index contributed by atoms with van der Waals surface area (Å²) in [7, 11) is 0. The van der Waals surface area contributed by atoms with Crippen molar-refractivity contribution < 1.29 is 8.78 Å². The van der Waals surface area contributed by atoms with Crippen LogP contribution in [-0.4, -0.2) is 12.2 Å². The van der Waals surface area contributed by atoms with E-state index >= 15 is 0 Å². The van der Waals surface area contributed by atoms with Crippen molar-refractivity contribution in [1.82, 2.24) is 0 Å². The summed E-state index contributed by atoms with van der Waals surface area (Å²) in [4.78, 5) is 0.912. The van der Waals surface area contributed by atoms with Gasteiger partial charge in [0.25, 0.3) is 0 Å². The van der Waals surface area contributed by atoms with E-state index in [0.717, 1.165) is 8.47 Å². The van der Waals surface area contributed by atoms with Crippen LogP contribution < -0.4 is 0 Å². The van der Waals surface area contributed by atoms with E-state index in [0.29, 0.717) is 0 Å². The van der Waals surface area contributed by atoms with Crippen LogP contribution in [-0.2, 0) is 0 Å². The fourth-order valence-electron chi connectivity index (χ4n) is 0.823. The molecule has 0 saturated carbocycles. The number of aryl methyl sites for hydroxylation is 1. The summed E-state index contributed by atoms with van der Waals surface area (Å²) in [6.07, 6.45) is -2.23. The van der Waals surface area contributed by atoms with E-state index in [1.54, 1.807) is 0 Å². The molecule has 0 spiro atoms. The molecule has 1 aromatic rings. The molecule has 0 bridgehead atoms. The Labute approximate surface area is 94.2 Å². The molecule has 0 N–H and O–H groups in total. The van der Waals surface area contributed by atoms with Gasteiger partial charge in [0, 0.05) is 8.47 Å². The number of hydrogen-bond acceptors (Lipinski definition) is 1. The van der Waals surface area contributed by atoms with Crippen LogP contribution in [0.1, 0.15) is 5.56 Å². The number of benzene rings is 1. The van der Waals surface area contributed by atoms with Crippen LogP contribution in [0.15, 0.2) is 23.1 Å². The summed E-state index contributed by atoms with van der Waals surface area (Å²) in [6.45, 7) is 2.00. The van der Waals surface area contributed by atoms with Crippen LogP contribution >= 0.6 is 34.4 Å². The van der Waals surface area contributed by atoms with E-state index in [2.05, 4.69) is 22.6 Å². The van der Waals surface area contributed by atoms with Gasteiger partial charge in [-0.15, -0.1) is 11.8 Å². The second kappa shape index (κ2) is 5.14. The van der Waals surface area contributed by atoms with Crippen LogP contribution in [0.2, 0.25) is 0 Å². The molecule has 1 aromatic carbocycles. The van der Waals surface area contributed by atoms with E-state index in [9.17, 15) is 8.78 Å². The predicted octanol–water partition coefficient (Wildman–Crippen LogP) is 3.96. The Morgan fingerprint density at radius 2 is 2.15 bits per heavy atom. The maximum Gasteiger partial charge on any atom is 0.247 e. The van der Waals surface area contributed by atoms with Gasteiger partial charge in [-0.1, -0.05) is 6.07 Å². The lowest BCUT2D eigenvalue weighted by Crippen LogP contribution is -1.93. The summed E-state index contributed by atoms with van der Waals surface area (Å²) < 4.78 is 24.9. The van der Waals surface area contributed by atoms with Crippen molar-refractivity contribution in [2.75, 3.05) is 5.75 Å². The zero-order valence-electron chi connectivity index (χ0n) is 7.06. The number of halogens is 3. The molecule has 0 aliphatic carbocycles. The highest BCUT2D eigenvalue weighted by molar-refractivity contribution is 14.1. The summed E-state index contributed by atoms with van der Waals surface area (Å²) in [6, 6.07) is 5.77. The number of alkyl halides is 2. The molecule has 0 saturated heterocycles. The molecule has 0 unspecified atom stereocenters. The Bertz CT molecular complexity index is 289. The van der Waals surface area contributed by atoms with Crippen LogP contribution in [0.25, 0.3) is 0 Å². The van der Waals surface area contributed by atoms with Crippen molar-refractivity contribution in [2.24, 2.45) is 0 Å². The molecule has 0 aliphatic rings. The minimum atomic E-state index is -2.23. The molecule has 0 aliphatic heterocycles. The highest BCUT2D eigenvalue weighted by atomic mass is 127. The van der Waals surface area contributed by atoms with E-state index < -0.39 is 6.43 Å². The smallest absolute Gasteiger partial charge is 0.210 e. The molecule has 13 heavy (non-hydrogen) atoms. The zero-order chi connectivity index (χ0) is 9.84. The molecule has 0 radical (unpaired) electrons. The van der Waals surface area contributed by atoms with Crippen LogP contribution in [0.4, 0.5) is 8.78 Å². The van der Waals surface area contributed by atoms with Gasteiger partial charge in [0.05, 0.1) is 5.75 Å². The SMILES string of the molecule is Cc1ccc(SCC(F)F)cc1I. The second-order valence-electron chi connectivity index (χ2n) is 2.61. The molecule has 4 heteroatoms. The van der Waals surface area contributed by atoms with Crippen LogP contribution in [0.3, 0.4) is 0 Å². The standard InChI is InChI=1S/C9H9F2IS/c1-6-2-3-7(4-8(6)12)13-5-9(10)11/h2-4,9H,5H2,1H3. The van der Waals surface area contributed by atoms with Gasteiger partial charge in [-0.2, -0.15) is 0 Å². The zero-order valence-corrected chi connectivity index (χ0v) is 10.0. The average molecular weight is 314 g/mol. The second-order valence-corrected chi connectivity index (χ2v) is 4.87. The lowest BCUT2D eigenvalue weighted by Gasteiger charge is -2.03. The van der Waals surface area contributed by atoms with Crippen LogP contribution in [0.5, 0.6) is 0 Å². The number of hydrogen-bond donors (Lipinski definition) is 0. The quantitative estimate of drug-likeness (QED) is 0.601. The largest absolute Gasteiger partial charge is 0.247 e. The first kappa shape index (κ1) is 11.2. The molecule has 0 fully saturated rings. The first-order valence-corrected chi connectivity index (χ1v) is 5.83. The summed E-state index contributed by atoms with van der Waals surface area (Å²) in [5.74, 6) is -0.126. The lowest BCUT2D eigenvalue weighted by atomic mass is 10.2. The maximum absolute atomic E-state index is 11.9. The molecular weight excluding hydrogens is 305 g/mol.